The van der Waals surface area contributed by atoms with Crippen molar-refractivity contribution < 1.29 is 14.7 Å². The molecule has 0 unspecified atom stereocenters. The van der Waals surface area contributed by atoms with Crippen molar-refractivity contribution in [3.05, 3.63) is 47.2 Å². The average molecular weight is 320 g/mol. The fourth-order valence-electron chi connectivity index (χ4n) is 2.59. The van der Waals surface area contributed by atoms with Crippen LogP contribution in [0.15, 0.2) is 36.5 Å². The second-order valence-corrected chi connectivity index (χ2v) is 5.55. The molecule has 0 bridgehead atoms. The Balaban J connectivity index is 1.82. The van der Waals surface area contributed by atoms with E-state index >= 15 is 0 Å². The number of hydrogen-bond donors (Lipinski definition) is 1. The fraction of sp³-hybridized carbons (Fsp3) is 0.267. The zero-order valence-electron chi connectivity index (χ0n) is 11.6. The van der Waals surface area contributed by atoms with Crippen LogP contribution in [0.2, 0.25) is 5.02 Å². The first-order chi connectivity index (χ1) is 10.6. The molecule has 7 heteroatoms. The Labute approximate surface area is 131 Å². The van der Waals surface area contributed by atoms with E-state index in [0.29, 0.717) is 24.4 Å². The molecule has 1 atom stereocenters. The van der Waals surface area contributed by atoms with E-state index in [1.54, 1.807) is 41.2 Å². The lowest BCUT2D eigenvalue weighted by Crippen LogP contribution is -2.40. The van der Waals surface area contributed by atoms with Gasteiger partial charge in [-0.25, -0.2) is 9.48 Å². The number of aliphatic carboxylic acids is 1. The van der Waals surface area contributed by atoms with Gasteiger partial charge in [-0.05, 0) is 43.2 Å². The molecule has 0 radical (unpaired) electrons. The lowest BCUT2D eigenvalue weighted by molar-refractivity contribution is -0.141. The summed E-state index contributed by atoms with van der Waals surface area (Å²) >= 11 is 5.84. The molecule has 2 heterocycles. The molecule has 1 aromatic carbocycles. The highest BCUT2D eigenvalue weighted by molar-refractivity contribution is 6.30. The van der Waals surface area contributed by atoms with Crippen LogP contribution in [0.3, 0.4) is 0 Å². The molecule has 1 aromatic heterocycles. The van der Waals surface area contributed by atoms with Gasteiger partial charge >= 0.3 is 5.97 Å². The minimum atomic E-state index is -0.969. The van der Waals surface area contributed by atoms with Crippen LogP contribution in [0.1, 0.15) is 23.3 Å². The number of nitrogens with zero attached hydrogens (tertiary/aromatic N) is 3. The highest BCUT2D eigenvalue weighted by Gasteiger charge is 2.35. The molecule has 0 saturated carbocycles. The smallest absolute Gasteiger partial charge is 0.326 e. The monoisotopic (exact) mass is 319 g/mol. The van der Waals surface area contributed by atoms with Gasteiger partial charge in [0.05, 0.1) is 5.69 Å². The first-order valence-electron chi connectivity index (χ1n) is 6.91. The molecule has 2 aromatic rings. The molecule has 1 saturated heterocycles. The van der Waals surface area contributed by atoms with Gasteiger partial charge in [-0.1, -0.05) is 11.6 Å². The Kier molecular flexibility index (Phi) is 3.85. The van der Waals surface area contributed by atoms with Gasteiger partial charge < -0.3 is 10.0 Å². The van der Waals surface area contributed by atoms with E-state index in [9.17, 15) is 9.59 Å². The molecule has 22 heavy (non-hydrogen) atoms. The van der Waals surface area contributed by atoms with Crippen molar-refractivity contribution in [1.29, 1.82) is 0 Å². The number of halogens is 1. The molecule has 1 amide bonds. The first-order valence-corrected chi connectivity index (χ1v) is 7.29. The van der Waals surface area contributed by atoms with E-state index in [4.69, 9.17) is 16.7 Å². The highest BCUT2D eigenvalue weighted by atomic mass is 35.5. The number of carbonyl (C=O) groups excluding carboxylic acids is 1. The molecule has 1 fully saturated rings. The van der Waals surface area contributed by atoms with Gasteiger partial charge in [-0.2, -0.15) is 5.10 Å². The van der Waals surface area contributed by atoms with Gasteiger partial charge in [0.15, 0.2) is 5.69 Å². The van der Waals surface area contributed by atoms with E-state index < -0.39 is 12.0 Å². The van der Waals surface area contributed by atoms with E-state index in [1.807, 2.05) is 0 Å². The van der Waals surface area contributed by atoms with Crippen LogP contribution in [0, 0.1) is 0 Å². The zero-order valence-corrected chi connectivity index (χ0v) is 12.4. The van der Waals surface area contributed by atoms with Crippen molar-refractivity contribution in [1.82, 2.24) is 14.7 Å². The Morgan fingerprint density at radius 2 is 1.95 bits per heavy atom. The van der Waals surface area contributed by atoms with Gasteiger partial charge in [0, 0.05) is 17.8 Å². The second kappa shape index (κ2) is 5.81. The number of carboxylic acid groups (broad SMARTS) is 1. The van der Waals surface area contributed by atoms with Crippen molar-refractivity contribution in [2.45, 2.75) is 18.9 Å². The van der Waals surface area contributed by atoms with Crippen molar-refractivity contribution in [3.8, 4) is 5.69 Å². The molecular weight excluding hydrogens is 306 g/mol. The van der Waals surface area contributed by atoms with Crippen molar-refractivity contribution in [2.75, 3.05) is 6.54 Å². The minimum Gasteiger partial charge on any atom is -0.480 e. The number of carboxylic acids is 1. The molecule has 1 N–H and O–H groups in total. The van der Waals surface area contributed by atoms with E-state index in [0.717, 1.165) is 5.69 Å². The number of aromatic nitrogens is 2. The molecule has 0 aliphatic carbocycles. The summed E-state index contributed by atoms with van der Waals surface area (Å²) in [4.78, 5) is 25.0. The van der Waals surface area contributed by atoms with Crippen LogP contribution in [-0.2, 0) is 4.79 Å². The SMILES string of the molecule is O=C(O)[C@@H]1CCCN1C(=O)c1ccn(-c2ccc(Cl)cc2)n1. The van der Waals surface area contributed by atoms with Gasteiger partial charge in [0.25, 0.3) is 5.91 Å². The Hall–Kier alpha value is -2.34. The Morgan fingerprint density at radius 3 is 2.64 bits per heavy atom. The van der Waals surface area contributed by atoms with Crippen LogP contribution in [0.25, 0.3) is 5.69 Å². The van der Waals surface area contributed by atoms with Gasteiger partial charge in [0.1, 0.15) is 6.04 Å². The number of rotatable bonds is 3. The molecular formula is C15H14ClN3O3. The minimum absolute atomic E-state index is 0.239. The number of likely N-dealkylation sites (tertiary alicyclic amines) is 1. The third-order valence-electron chi connectivity index (χ3n) is 3.70. The Bertz CT molecular complexity index is 711. The van der Waals surface area contributed by atoms with Crippen LogP contribution in [0.4, 0.5) is 0 Å². The molecule has 6 nitrogen and oxygen atoms in total. The molecule has 114 valence electrons. The normalized spacial score (nSPS) is 17.7. The maximum Gasteiger partial charge on any atom is 0.326 e. The predicted molar refractivity (Wildman–Crippen MR) is 80.3 cm³/mol. The number of benzene rings is 1. The topological polar surface area (TPSA) is 75.4 Å². The predicted octanol–water partition coefficient (Wildman–Crippen LogP) is 2.21. The maximum absolute atomic E-state index is 12.4. The summed E-state index contributed by atoms with van der Waals surface area (Å²) < 4.78 is 1.56. The molecule has 3 rings (SSSR count). The number of amides is 1. The second-order valence-electron chi connectivity index (χ2n) is 5.12. The van der Waals surface area contributed by atoms with Crippen LogP contribution < -0.4 is 0 Å². The Morgan fingerprint density at radius 1 is 1.23 bits per heavy atom. The lowest BCUT2D eigenvalue weighted by atomic mass is 10.2. The fourth-order valence-corrected chi connectivity index (χ4v) is 2.72. The average Bonchev–Trinajstić information content (AvgIpc) is 3.17. The van der Waals surface area contributed by atoms with Crippen molar-refractivity contribution in [2.24, 2.45) is 0 Å². The number of carbonyl (C=O) groups is 2. The quantitative estimate of drug-likeness (QED) is 0.941. The third-order valence-corrected chi connectivity index (χ3v) is 3.95. The van der Waals surface area contributed by atoms with E-state index in [1.165, 1.54) is 4.90 Å². The molecule has 0 spiro atoms. The van der Waals surface area contributed by atoms with Gasteiger partial charge in [0.2, 0.25) is 0 Å². The van der Waals surface area contributed by atoms with E-state index in [2.05, 4.69) is 5.10 Å². The molecule has 1 aliphatic heterocycles. The largest absolute Gasteiger partial charge is 0.480 e. The number of hydrogen-bond acceptors (Lipinski definition) is 3. The van der Waals surface area contributed by atoms with Crippen LogP contribution in [0.5, 0.6) is 0 Å². The van der Waals surface area contributed by atoms with Crippen molar-refractivity contribution >= 4 is 23.5 Å². The van der Waals surface area contributed by atoms with Crippen LogP contribution >= 0.6 is 11.6 Å². The zero-order chi connectivity index (χ0) is 15.7. The summed E-state index contributed by atoms with van der Waals surface area (Å²) in [6.45, 7) is 0.448. The summed E-state index contributed by atoms with van der Waals surface area (Å²) in [7, 11) is 0. The summed E-state index contributed by atoms with van der Waals surface area (Å²) in [6, 6.07) is 7.89. The van der Waals surface area contributed by atoms with Gasteiger partial charge in [-0.3, -0.25) is 4.79 Å². The van der Waals surface area contributed by atoms with E-state index in [-0.39, 0.29) is 11.6 Å². The van der Waals surface area contributed by atoms with Crippen LogP contribution in [-0.4, -0.2) is 44.3 Å². The summed E-state index contributed by atoms with van der Waals surface area (Å²) in [5.41, 5.74) is 1.02. The maximum atomic E-state index is 12.4. The lowest BCUT2D eigenvalue weighted by Gasteiger charge is -2.20. The van der Waals surface area contributed by atoms with Crippen molar-refractivity contribution in [3.63, 3.8) is 0 Å². The standard InChI is InChI=1S/C15H14ClN3O3/c16-10-3-5-11(6-4-10)19-9-7-12(17-19)14(20)18-8-1-2-13(18)15(21)22/h3-7,9,13H,1-2,8H2,(H,21,22)/t13-/m0/s1. The highest BCUT2D eigenvalue weighted by Crippen LogP contribution is 2.20. The summed E-state index contributed by atoms with van der Waals surface area (Å²) in [5.74, 6) is -1.32. The molecule has 1 aliphatic rings. The third kappa shape index (κ3) is 2.69. The summed E-state index contributed by atoms with van der Waals surface area (Å²) in [6.07, 6.45) is 2.85. The summed E-state index contributed by atoms with van der Waals surface area (Å²) in [5, 5.41) is 14.0. The first kappa shape index (κ1) is 14.6. The van der Waals surface area contributed by atoms with Gasteiger partial charge in [-0.15, -0.1) is 0 Å².